The number of hydrogen-bond acceptors (Lipinski definition) is 6. The number of ether oxygens (including phenoxy) is 1. The summed E-state index contributed by atoms with van der Waals surface area (Å²) in [5.41, 5.74) is 0. The van der Waals surface area contributed by atoms with E-state index in [0.29, 0.717) is 17.6 Å². The topological polar surface area (TPSA) is 64.9 Å². The Morgan fingerprint density at radius 3 is 3.05 bits per heavy atom. The van der Waals surface area contributed by atoms with Gasteiger partial charge in [-0.15, -0.1) is 11.3 Å². The van der Waals surface area contributed by atoms with Crippen LogP contribution in [-0.4, -0.2) is 26.3 Å². The highest BCUT2D eigenvalue weighted by molar-refractivity contribution is 7.16. The molecule has 3 rings (SSSR count). The van der Waals surface area contributed by atoms with Crippen LogP contribution in [0.5, 0.6) is 11.6 Å². The first kappa shape index (κ1) is 11.9. The summed E-state index contributed by atoms with van der Waals surface area (Å²) in [6.45, 7) is 2.77. The lowest BCUT2D eigenvalue weighted by atomic mass is 10.4. The second kappa shape index (κ2) is 4.85. The highest BCUT2D eigenvalue weighted by Crippen LogP contribution is 2.31. The zero-order valence-electron chi connectivity index (χ0n) is 10.6. The largest absolute Gasteiger partial charge is 0.435 e. The minimum absolute atomic E-state index is 0.551. The number of nitrogens with zero attached hydrogens (tertiary/aromatic N) is 4. The van der Waals surface area contributed by atoms with Crippen molar-refractivity contribution in [2.75, 3.05) is 11.9 Å². The summed E-state index contributed by atoms with van der Waals surface area (Å²) in [5.74, 6) is 1.79. The molecular formula is C12H13N5OS. The molecule has 0 bridgehead atoms. The molecule has 0 aliphatic carbocycles. The van der Waals surface area contributed by atoms with Gasteiger partial charge in [-0.3, -0.25) is 4.68 Å². The smallest absolute Gasteiger partial charge is 0.233 e. The van der Waals surface area contributed by atoms with Gasteiger partial charge < -0.3 is 10.1 Å². The Hall–Kier alpha value is -2.15. The molecule has 19 heavy (non-hydrogen) atoms. The van der Waals surface area contributed by atoms with Gasteiger partial charge in [-0.2, -0.15) is 10.1 Å². The van der Waals surface area contributed by atoms with Crippen molar-refractivity contribution < 1.29 is 4.74 Å². The molecule has 6 nitrogen and oxygen atoms in total. The van der Waals surface area contributed by atoms with Crippen LogP contribution in [0.4, 0.5) is 5.95 Å². The summed E-state index contributed by atoms with van der Waals surface area (Å²) < 4.78 is 7.48. The van der Waals surface area contributed by atoms with Crippen LogP contribution < -0.4 is 10.1 Å². The molecule has 0 spiro atoms. The van der Waals surface area contributed by atoms with E-state index in [0.717, 1.165) is 16.8 Å². The summed E-state index contributed by atoms with van der Waals surface area (Å²) in [5, 5.41) is 10.1. The second-order valence-electron chi connectivity index (χ2n) is 3.97. The first-order valence-electron chi connectivity index (χ1n) is 5.92. The molecule has 3 heterocycles. The molecule has 0 saturated carbocycles. The van der Waals surface area contributed by atoms with E-state index >= 15 is 0 Å². The van der Waals surface area contributed by atoms with E-state index in [-0.39, 0.29) is 0 Å². The first-order valence-corrected chi connectivity index (χ1v) is 6.80. The molecule has 7 heteroatoms. The van der Waals surface area contributed by atoms with Crippen molar-refractivity contribution in [1.82, 2.24) is 19.7 Å². The van der Waals surface area contributed by atoms with Crippen molar-refractivity contribution in [3.8, 4) is 11.6 Å². The van der Waals surface area contributed by atoms with Crippen molar-refractivity contribution in [2.24, 2.45) is 7.05 Å². The number of anilines is 1. The molecule has 98 valence electrons. The molecule has 0 fully saturated rings. The van der Waals surface area contributed by atoms with Crippen molar-refractivity contribution in [3.05, 3.63) is 23.8 Å². The standard InChI is InChI=1S/C12H13N5OS/c1-3-13-12-15-10(9-4-5-19-11(9)16-12)18-8-6-14-17(2)7-8/h4-7H,3H2,1-2H3,(H,13,15,16). The highest BCUT2D eigenvalue weighted by Gasteiger charge is 2.11. The van der Waals surface area contributed by atoms with Crippen LogP contribution >= 0.6 is 11.3 Å². The Bertz CT molecular complexity index is 705. The summed E-state index contributed by atoms with van der Waals surface area (Å²) in [6, 6.07) is 1.96. The number of hydrogen-bond donors (Lipinski definition) is 1. The van der Waals surface area contributed by atoms with Crippen LogP contribution in [-0.2, 0) is 7.05 Å². The molecule has 0 saturated heterocycles. The Labute approximate surface area is 114 Å². The Kier molecular flexibility index (Phi) is 3.04. The molecule has 0 aromatic carbocycles. The molecule has 0 amide bonds. The van der Waals surface area contributed by atoms with Gasteiger partial charge in [0.25, 0.3) is 0 Å². The number of rotatable bonds is 4. The molecule has 0 aliphatic heterocycles. The number of aryl methyl sites for hydroxylation is 1. The third-order valence-electron chi connectivity index (χ3n) is 2.52. The van der Waals surface area contributed by atoms with Gasteiger partial charge in [0.1, 0.15) is 4.83 Å². The van der Waals surface area contributed by atoms with Gasteiger partial charge in [-0.05, 0) is 18.4 Å². The molecule has 0 radical (unpaired) electrons. The number of thiophene rings is 1. The molecule has 3 aromatic heterocycles. The Morgan fingerprint density at radius 1 is 1.42 bits per heavy atom. The lowest BCUT2D eigenvalue weighted by molar-refractivity contribution is 0.468. The predicted octanol–water partition coefficient (Wildman–Crippen LogP) is 2.65. The normalized spacial score (nSPS) is 10.8. The quantitative estimate of drug-likeness (QED) is 0.793. The lowest BCUT2D eigenvalue weighted by Crippen LogP contribution is -2.02. The average molecular weight is 275 g/mol. The van der Waals surface area contributed by atoms with E-state index in [2.05, 4.69) is 20.4 Å². The van der Waals surface area contributed by atoms with Gasteiger partial charge in [0.15, 0.2) is 5.75 Å². The van der Waals surface area contributed by atoms with E-state index in [1.807, 2.05) is 25.4 Å². The summed E-state index contributed by atoms with van der Waals surface area (Å²) in [4.78, 5) is 9.73. The molecule has 1 N–H and O–H groups in total. The zero-order valence-corrected chi connectivity index (χ0v) is 11.4. The van der Waals surface area contributed by atoms with Gasteiger partial charge in [0.2, 0.25) is 11.8 Å². The average Bonchev–Trinajstić information content (AvgIpc) is 2.99. The van der Waals surface area contributed by atoms with E-state index in [9.17, 15) is 0 Å². The van der Waals surface area contributed by atoms with Crippen LogP contribution in [0.1, 0.15) is 6.92 Å². The molecule has 0 aliphatic rings. The molecular weight excluding hydrogens is 262 g/mol. The van der Waals surface area contributed by atoms with Gasteiger partial charge in [-0.1, -0.05) is 0 Å². The third-order valence-corrected chi connectivity index (χ3v) is 3.33. The maximum absolute atomic E-state index is 5.79. The Balaban J connectivity index is 2.02. The van der Waals surface area contributed by atoms with Crippen molar-refractivity contribution in [1.29, 1.82) is 0 Å². The number of fused-ring (bicyclic) bond motifs is 1. The van der Waals surface area contributed by atoms with E-state index in [1.165, 1.54) is 0 Å². The fraction of sp³-hybridized carbons (Fsp3) is 0.250. The minimum Gasteiger partial charge on any atom is -0.435 e. The van der Waals surface area contributed by atoms with Gasteiger partial charge in [-0.25, -0.2) is 4.98 Å². The Morgan fingerprint density at radius 2 is 2.32 bits per heavy atom. The van der Waals surface area contributed by atoms with Crippen molar-refractivity contribution in [3.63, 3.8) is 0 Å². The van der Waals surface area contributed by atoms with Crippen molar-refractivity contribution in [2.45, 2.75) is 6.92 Å². The molecule has 0 unspecified atom stereocenters. The van der Waals surface area contributed by atoms with Crippen LogP contribution in [0.2, 0.25) is 0 Å². The van der Waals surface area contributed by atoms with E-state index in [4.69, 9.17) is 4.74 Å². The van der Waals surface area contributed by atoms with Crippen molar-refractivity contribution >= 4 is 27.5 Å². The molecule has 0 atom stereocenters. The summed E-state index contributed by atoms with van der Waals surface area (Å²) in [6.07, 6.45) is 3.46. The second-order valence-corrected chi connectivity index (χ2v) is 4.87. The van der Waals surface area contributed by atoms with Crippen LogP contribution in [0.3, 0.4) is 0 Å². The predicted molar refractivity (Wildman–Crippen MR) is 74.9 cm³/mol. The third kappa shape index (κ3) is 2.37. The lowest BCUT2D eigenvalue weighted by Gasteiger charge is -2.06. The fourth-order valence-electron chi connectivity index (χ4n) is 1.71. The highest BCUT2D eigenvalue weighted by atomic mass is 32.1. The van der Waals surface area contributed by atoms with E-state index in [1.54, 1.807) is 28.4 Å². The van der Waals surface area contributed by atoms with Crippen LogP contribution in [0.15, 0.2) is 23.8 Å². The minimum atomic E-state index is 0.551. The van der Waals surface area contributed by atoms with Gasteiger partial charge in [0, 0.05) is 13.6 Å². The van der Waals surface area contributed by atoms with Crippen LogP contribution in [0, 0.1) is 0 Å². The van der Waals surface area contributed by atoms with Crippen LogP contribution in [0.25, 0.3) is 10.2 Å². The molecule has 3 aromatic rings. The van der Waals surface area contributed by atoms with Gasteiger partial charge in [0.05, 0.1) is 17.8 Å². The van der Waals surface area contributed by atoms with E-state index < -0.39 is 0 Å². The summed E-state index contributed by atoms with van der Waals surface area (Å²) >= 11 is 1.57. The maximum atomic E-state index is 5.79. The van der Waals surface area contributed by atoms with Gasteiger partial charge >= 0.3 is 0 Å². The fourth-order valence-corrected chi connectivity index (χ4v) is 2.46. The first-order chi connectivity index (χ1) is 9.26. The monoisotopic (exact) mass is 275 g/mol. The number of aromatic nitrogens is 4. The summed E-state index contributed by atoms with van der Waals surface area (Å²) in [7, 11) is 1.84. The maximum Gasteiger partial charge on any atom is 0.233 e. The SMILES string of the molecule is CCNc1nc(Oc2cnn(C)c2)c2ccsc2n1. The zero-order chi connectivity index (χ0) is 13.2. The number of nitrogens with one attached hydrogen (secondary N) is 1.